The molecule has 1 unspecified atom stereocenters. The first-order valence-corrected chi connectivity index (χ1v) is 9.92. The molecule has 0 aliphatic carbocycles. The Morgan fingerprint density at radius 2 is 1.79 bits per heavy atom. The van der Waals surface area contributed by atoms with Gasteiger partial charge in [0.05, 0.1) is 12.0 Å². The van der Waals surface area contributed by atoms with E-state index in [4.69, 9.17) is 4.74 Å². The van der Waals surface area contributed by atoms with Gasteiger partial charge in [-0.05, 0) is 36.1 Å². The number of carbonyl (C=O) groups is 2. The quantitative estimate of drug-likeness (QED) is 0.882. The average molecular weight is 381 g/mol. The maximum atomic E-state index is 13.5. The number of hydrogen-bond acceptors (Lipinski definition) is 3. The lowest BCUT2D eigenvalue weighted by atomic mass is 9.84. The van der Waals surface area contributed by atoms with Gasteiger partial charge in [0.25, 0.3) is 0 Å². The molecule has 3 heterocycles. The molecule has 0 spiro atoms. The van der Waals surface area contributed by atoms with Crippen molar-refractivity contribution in [3.05, 3.63) is 59.9 Å². The molecule has 6 nitrogen and oxygen atoms in total. The van der Waals surface area contributed by atoms with E-state index in [1.807, 2.05) is 48.8 Å². The van der Waals surface area contributed by atoms with Gasteiger partial charge in [-0.2, -0.15) is 0 Å². The van der Waals surface area contributed by atoms with E-state index in [1.165, 1.54) is 0 Å². The molecule has 0 saturated carbocycles. The summed E-state index contributed by atoms with van der Waals surface area (Å²) in [5, 5.41) is 2.73. The highest BCUT2D eigenvalue weighted by atomic mass is 16.5. The number of ether oxygens (including phenoxy) is 1. The van der Waals surface area contributed by atoms with Gasteiger partial charge in [0, 0.05) is 45.6 Å². The van der Waals surface area contributed by atoms with Gasteiger partial charge in [-0.25, -0.2) is 0 Å². The van der Waals surface area contributed by atoms with Crippen LogP contribution in [0.4, 0.5) is 0 Å². The second-order valence-corrected chi connectivity index (χ2v) is 7.73. The van der Waals surface area contributed by atoms with Gasteiger partial charge in [-0.1, -0.05) is 24.3 Å². The van der Waals surface area contributed by atoms with Crippen LogP contribution in [0.25, 0.3) is 0 Å². The number of nitrogens with one attached hydrogen (secondary N) is 1. The molecule has 1 atom stereocenters. The number of hydrogen-bond donors (Lipinski definition) is 1. The van der Waals surface area contributed by atoms with E-state index in [2.05, 4.69) is 9.88 Å². The Labute approximate surface area is 165 Å². The van der Waals surface area contributed by atoms with Crippen molar-refractivity contribution >= 4 is 11.8 Å². The fourth-order valence-corrected chi connectivity index (χ4v) is 4.50. The monoisotopic (exact) mass is 381 g/mol. The molecule has 2 aromatic rings. The molecule has 2 amide bonds. The SMILES string of the molecule is CNC(=O)C1Cc2ccccc2CN1C(=O)CC1(n2cccc2)CCOCC1. The summed E-state index contributed by atoms with van der Waals surface area (Å²) in [6.45, 7) is 1.77. The van der Waals surface area contributed by atoms with Crippen LogP contribution in [0, 0.1) is 0 Å². The van der Waals surface area contributed by atoms with Crippen molar-refractivity contribution < 1.29 is 14.3 Å². The lowest BCUT2D eigenvalue weighted by Crippen LogP contribution is -2.54. The number of likely N-dealkylation sites (N-methyl/N-ethyl adjacent to an activating group) is 1. The maximum Gasteiger partial charge on any atom is 0.242 e. The van der Waals surface area contributed by atoms with Crippen molar-refractivity contribution in [1.82, 2.24) is 14.8 Å². The molecule has 4 rings (SSSR count). The molecular weight excluding hydrogens is 354 g/mol. The number of amides is 2. The Hall–Kier alpha value is -2.60. The Balaban J connectivity index is 1.62. The largest absolute Gasteiger partial charge is 0.381 e. The van der Waals surface area contributed by atoms with E-state index in [9.17, 15) is 9.59 Å². The van der Waals surface area contributed by atoms with Crippen molar-refractivity contribution in [3.63, 3.8) is 0 Å². The van der Waals surface area contributed by atoms with Gasteiger partial charge in [0.2, 0.25) is 11.8 Å². The molecule has 0 radical (unpaired) electrons. The van der Waals surface area contributed by atoms with Crippen molar-refractivity contribution in [3.8, 4) is 0 Å². The molecule has 6 heteroatoms. The number of carbonyl (C=O) groups excluding carboxylic acids is 2. The topological polar surface area (TPSA) is 63.6 Å². The first-order chi connectivity index (χ1) is 13.6. The van der Waals surface area contributed by atoms with Gasteiger partial charge < -0.3 is 19.5 Å². The highest BCUT2D eigenvalue weighted by Gasteiger charge is 2.41. The standard InChI is InChI=1S/C22H27N3O3/c1-23-21(27)19-14-17-6-2-3-7-18(17)16-25(19)20(26)15-22(8-12-28-13-9-22)24-10-4-5-11-24/h2-7,10-11,19H,8-9,12-16H2,1H3,(H,23,27). The smallest absolute Gasteiger partial charge is 0.242 e. The second kappa shape index (κ2) is 7.80. The second-order valence-electron chi connectivity index (χ2n) is 7.73. The molecular formula is C22H27N3O3. The van der Waals surface area contributed by atoms with Crippen LogP contribution in [0.1, 0.15) is 30.4 Å². The minimum Gasteiger partial charge on any atom is -0.381 e. The Morgan fingerprint density at radius 1 is 1.11 bits per heavy atom. The summed E-state index contributed by atoms with van der Waals surface area (Å²) >= 11 is 0. The number of aromatic nitrogens is 1. The molecule has 1 aromatic carbocycles. The first kappa shape index (κ1) is 18.7. The third kappa shape index (κ3) is 3.44. The Bertz CT molecular complexity index is 840. The van der Waals surface area contributed by atoms with Crippen molar-refractivity contribution in [2.45, 2.75) is 43.8 Å². The molecule has 2 aliphatic heterocycles. The van der Waals surface area contributed by atoms with Crippen LogP contribution in [0.2, 0.25) is 0 Å². The van der Waals surface area contributed by atoms with Crippen LogP contribution >= 0.6 is 0 Å². The van der Waals surface area contributed by atoms with Crippen LogP contribution < -0.4 is 5.32 Å². The Kier molecular flexibility index (Phi) is 5.22. The van der Waals surface area contributed by atoms with E-state index in [0.717, 1.165) is 24.0 Å². The lowest BCUT2D eigenvalue weighted by molar-refractivity contribution is -0.144. The predicted molar refractivity (Wildman–Crippen MR) is 106 cm³/mol. The number of nitrogens with zero attached hydrogens (tertiary/aromatic N) is 2. The third-order valence-corrected chi connectivity index (χ3v) is 6.17. The molecule has 148 valence electrons. The highest BCUT2D eigenvalue weighted by molar-refractivity contribution is 5.88. The van der Waals surface area contributed by atoms with Gasteiger partial charge in [-0.15, -0.1) is 0 Å². The predicted octanol–water partition coefficient (Wildman–Crippen LogP) is 2.08. The van der Waals surface area contributed by atoms with Crippen molar-refractivity contribution in [2.75, 3.05) is 20.3 Å². The fourth-order valence-electron chi connectivity index (χ4n) is 4.50. The molecule has 1 fully saturated rings. The maximum absolute atomic E-state index is 13.5. The zero-order valence-electron chi connectivity index (χ0n) is 16.3. The Morgan fingerprint density at radius 3 is 2.46 bits per heavy atom. The minimum absolute atomic E-state index is 0.0266. The van der Waals surface area contributed by atoms with E-state index in [0.29, 0.717) is 32.6 Å². The highest BCUT2D eigenvalue weighted by Crippen LogP contribution is 2.35. The summed E-state index contributed by atoms with van der Waals surface area (Å²) in [4.78, 5) is 27.8. The molecule has 0 bridgehead atoms. The summed E-state index contributed by atoms with van der Waals surface area (Å²) in [7, 11) is 1.63. The minimum atomic E-state index is -0.464. The zero-order chi connectivity index (χ0) is 19.6. The van der Waals surface area contributed by atoms with Gasteiger partial charge >= 0.3 is 0 Å². The van der Waals surface area contributed by atoms with E-state index in [-0.39, 0.29) is 17.4 Å². The fraction of sp³-hybridized carbons (Fsp3) is 0.455. The van der Waals surface area contributed by atoms with Crippen LogP contribution in [0.3, 0.4) is 0 Å². The summed E-state index contributed by atoms with van der Waals surface area (Å²) in [5.41, 5.74) is 1.98. The first-order valence-electron chi connectivity index (χ1n) is 9.92. The average Bonchev–Trinajstić information content (AvgIpc) is 3.28. The molecule has 2 aliphatic rings. The zero-order valence-corrected chi connectivity index (χ0v) is 16.3. The number of fused-ring (bicyclic) bond motifs is 1. The van der Waals surface area contributed by atoms with E-state index >= 15 is 0 Å². The lowest BCUT2D eigenvalue weighted by Gasteiger charge is -2.42. The molecule has 1 saturated heterocycles. The van der Waals surface area contributed by atoms with Crippen LogP contribution in [-0.2, 0) is 32.8 Å². The van der Waals surface area contributed by atoms with Gasteiger partial charge in [-0.3, -0.25) is 9.59 Å². The molecule has 28 heavy (non-hydrogen) atoms. The van der Waals surface area contributed by atoms with Gasteiger partial charge in [0.1, 0.15) is 6.04 Å². The van der Waals surface area contributed by atoms with Gasteiger partial charge in [0.15, 0.2) is 0 Å². The van der Waals surface area contributed by atoms with Crippen LogP contribution in [0.15, 0.2) is 48.8 Å². The summed E-state index contributed by atoms with van der Waals surface area (Å²) in [5.74, 6) is -0.0800. The summed E-state index contributed by atoms with van der Waals surface area (Å²) < 4.78 is 7.72. The van der Waals surface area contributed by atoms with Crippen molar-refractivity contribution in [1.29, 1.82) is 0 Å². The third-order valence-electron chi connectivity index (χ3n) is 6.17. The van der Waals surface area contributed by atoms with Crippen LogP contribution in [-0.4, -0.2) is 47.6 Å². The van der Waals surface area contributed by atoms with Crippen LogP contribution in [0.5, 0.6) is 0 Å². The van der Waals surface area contributed by atoms with Crippen molar-refractivity contribution in [2.24, 2.45) is 0 Å². The number of benzene rings is 1. The normalized spacial score (nSPS) is 21.0. The summed E-state index contributed by atoms with van der Waals surface area (Å²) in [6, 6.07) is 11.6. The van der Waals surface area contributed by atoms with E-state index in [1.54, 1.807) is 11.9 Å². The summed E-state index contributed by atoms with van der Waals surface area (Å²) in [6.07, 6.45) is 6.58. The number of rotatable bonds is 4. The van der Waals surface area contributed by atoms with E-state index < -0.39 is 6.04 Å². The molecule has 1 aromatic heterocycles. The molecule has 1 N–H and O–H groups in total.